The summed E-state index contributed by atoms with van der Waals surface area (Å²) in [6.45, 7) is 2.23. The van der Waals surface area contributed by atoms with Crippen LogP contribution in [0.3, 0.4) is 0 Å². The Kier molecular flexibility index (Phi) is 5.59. The van der Waals surface area contributed by atoms with Crippen LogP contribution in [-0.4, -0.2) is 52.3 Å². The zero-order chi connectivity index (χ0) is 20.5. The summed E-state index contributed by atoms with van der Waals surface area (Å²) in [6, 6.07) is 6.10. The van der Waals surface area contributed by atoms with Gasteiger partial charge in [-0.05, 0) is 53.8 Å². The molecule has 0 radical (unpaired) electrons. The minimum absolute atomic E-state index is 0.0580. The predicted octanol–water partition coefficient (Wildman–Crippen LogP) is 4.18. The van der Waals surface area contributed by atoms with E-state index in [1.807, 2.05) is 17.0 Å². The van der Waals surface area contributed by atoms with Crippen molar-refractivity contribution in [2.45, 2.75) is 50.5 Å². The summed E-state index contributed by atoms with van der Waals surface area (Å²) in [5, 5.41) is 4.34. The highest BCUT2D eigenvalue weighted by molar-refractivity contribution is 7.08. The van der Waals surface area contributed by atoms with Gasteiger partial charge in [0.1, 0.15) is 0 Å². The van der Waals surface area contributed by atoms with E-state index in [0.717, 1.165) is 25.8 Å². The number of nitrogens with zero attached hydrogens (tertiary/aromatic N) is 3. The maximum atomic E-state index is 13.4. The quantitative estimate of drug-likeness (QED) is 0.744. The maximum absolute atomic E-state index is 13.4. The third-order valence-corrected chi connectivity index (χ3v) is 8.04. The first-order chi connectivity index (χ1) is 14.7. The molecule has 158 valence electrons. The largest absolute Gasteiger partial charge is 0.338 e. The van der Waals surface area contributed by atoms with Crippen LogP contribution in [-0.2, 0) is 4.79 Å². The van der Waals surface area contributed by atoms with Crippen LogP contribution in [0.5, 0.6) is 0 Å². The SMILES string of the molecule is O=C(c1cccnc1)N1CC[C@@H]2[C@H](C1)[C@@H](c1ccsc1)CN2C(=O)C1CCCCC1. The summed E-state index contributed by atoms with van der Waals surface area (Å²) in [7, 11) is 0. The molecule has 1 aliphatic carbocycles. The number of hydrogen-bond acceptors (Lipinski definition) is 4. The van der Waals surface area contributed by atoms with Crippen LogP contribution in [0, 0.1) is 11.8 Å². The summed E-state index contributed by atoms with van der Waals surface area (Å²) >= 11 is 1.72. The van der Waals surface area contributed by atoms with Crippen LogP contribution in [0.25, 0.3) is 0 Å². The van der Waals surface area contributed by atoms with E-state index >= 15 is 0 Å². The maximum Gasteiger partial charge on any atom is 0.255 e. The Hall–Kier alpha value is -2.21. The lowest BCUT2D eigenvalue weighted by atomic mass is 9.82. The van der Waals surface area contributed by atoms with Gasteiger partial charge in [-0.1, -0.05) is 19.3 Å². The van der Waals surface area contributed by atoms with Gasteiger partial charge >= 0.3 is 0 Å². The predicted molar refractivity (Wildman–Crippen MR) is 117 cm³/mol. The minimum atomic E-state index is 0.0580. The molecule has 0 unspecified atom stereocenters. The Balaban J connectivity index is 1.38. The molecule has 2 aromatic rings. The van der Waals surface area contributed by atoms with Gasteiger partial charge < -0.3 is 9.80 Å². The van der Waals surface area contributed by atoms with E-state index in [1.165, 1.54) is 24.8 Å². The van der Waals surface area contributed by atoms with Gasteiger partial charge in [-0.25, -0.2) is 0 Å². The summed E-state index contributed by atoms with van der Waals surface area (Å²) in [6.07, 6.45) is 9.93. The van der Waals surface area contributed by atoms with Gasteiger partial charge in [-0.3, -0.25) is 14.6 Å². The van der Waals surface area contributed by atoms with E-state index in [9.17, 15) is 9.59 Å². The van der Waals surface area contributed by atoms with Crippen LogP contribution < -0.4 is 0 Å². The van der Waals surface area contributed by atoms with E-state index in [-0.39, 0.29) is 17.9 Å². The van der Waals surface area contributed by atoms with Crippen molar-refractivity contribution in [1.29, 1.82) is 0 Å². The Morgan fingerprint density at radius 2 is 1.93 bits per heavy atom. The van der Waals surface area contributed by atoms with E-state index in [0.29, 0.717) is 36.4 Å². The lowest BCUT2D eigenvalue weighted by Crippen LogP contribution is -2.50. The highest BCUT2D eigenvalue weighted by Gasteiger charge is 2.48. The molecule has 2 amide bonds. The number of thiophene rings is 1. The highest BCUT2D eigenvalue weighted by Crippen LogP contribution is 2.43. The monoisotopic (exact) mass is 423 g/mol. The van der Waals surface area contributed by atoms with E-state index in [1.54, 1.807) is 23.7 Å². The first-order valence-corrected chi connectivity index (χ1v) is 12.2. The van der Waals surface area contributed by atoms with E-state index in [4.69, 9.17) is 0 Å². The molecule has 0 spiro atoms. The van der Waals surface area contributed by atoms with Crippen molar-refractivity contribution in [3.05, 3.63) is 52.5 Å². The second-order valence-electron chi connectivity index (χ2n) is 9.00. The summed E-state index contributed by atoms with van der Waals surface area (Å²) < 4.78 is 0. The van der Waals surface area contributed by atoms with Gasteiger partial charge in [0.25, 0.3) is 5.91 Å². The normalized spacial score (nSPS) is 27.1. The number of aromatic nitrogens is 1. The molecule has 3 aliphatic rings. The molecule has 3 atom stereocenters. The van der Waals surface area contributed by atoms with Crippen molar-refractivity contribution in [2.75, 3.05) is 19.6 Å². The van der Waals surface area contributed by atoms with Gasteiger partial charge in [0.2, 0.25) is 5.91 Å². The number of pyridine rings is 1. The van der Waals surface area contributed by atoms with Crippen molar-refractivity contribution >= 4 is 23.2 Å². The average molecular weight is 424 g/mol. The van der Waals surface area contributed by atoms with Gasteiger partial charge in [0.05, 0.1) is 5.56 Å². The Morgan fingerprint density at radius 1 is 1.07 bits per heavy atom. The van der Waals surface area contributed by atoms with Crippen LogP contribution in [0.15, 0.2) is 41.4 Å². The van der Waals surface area contributed by atoms with Crippen LogP contribution in [0.1, 0.15) is 60.4 Å². The third-order valence-electron chi connectivity index (χ3n) is 7.34. The van der Waals surface area contributed by atoms with E-state index in [2.05, 4.69) is 26.7 Å². The molecule has 6 heteroatoms. The first kappa shape index (κ1) is 19.7. The second-order valence-corrected chi connectivity index (χ2v) is 9.78. The molecule has 3 fully saturated rings. The van der Waals surface area contributed by atoms with Gasteiger partial charge in [0, 0.05) is 55.8 Å². The summed E-state index contributed by atoms with van der Waals surface area (Å²) in [4.78, 5) is 34.8. The van der Waals surface area contributed by atoms with Crippen LogP contribution in [0.2, 0.25) is 0 Å². The van der Waals surface area contributed by atoms with Gasteiger partial charge in [-0.15, -0.1) is 0 Å². The molecule has 0 bridgehead atoms. The van der Waals surface area contributed by atoms with Crippen LogP contribution >= 0.6 is 11.3 Å². The zero-order valence-corrected chi connectivity index (χ0v) is 18.1. The molecule has 5 rings (SSSR count). The molecule has 0 aromatic carbocycles. The van der Waals surface area contributed by atoms with Crippen LogP contribution in [0.4, 0.5) is 0 Å². The molecule has 30 heavy (non-hydrogen) atoms. The standard InChI is InChI=1S/C24H29N3O2S/c28-23(18-7-4-10-25-13-18)26-11-8-22-21(14-26)20(19-9-12-30-16-19)15-27(22)24(29)17-5-2-1-3-6-17/h4,7,9-10,12-13,16-17,20-22H,1-3,5-6,8,11,14-15H2/t20-,21-,22-/m1/s1. The van der Waals surface area contributed by atoms with Gasteiger partial charge in [0.15, 0.2) is 0 Å². The molecule has 2 saturated heterocycles. The third kappa shape index (κ3) is 3.66. The van der Waals surface area contributed by atoms with Crippen molar-refractivity contribution < 1.29 is 9.59 Å². The molecular weight excluding hydrogens is 394 g/mol. The fourth-order valence-electron chi connectivity index (χ4n) is 5.77. The lowest BCUT2D eigenvalue weighted by Gasteiger charge is -2.39. The molecule has 1 saturated carbocycles. The Bertz CT molecular complexity index is 879. The lowest BCUT2D eigenvalue weighted by molar-refractivity contribution is -0.138. The van der Waals surface area contributed by atoms with Crippen molar-refractivity contribution in [3.63, 3.8) is 0 Å². The number of carbonyl (C=O) groups excluding carboxylic acids is 2. The number of rotatable bonds is 3. The smallest absolute Gasteiger partial charge is 0.255 e. The topological polar surface area (TPSA) is 53.5 Å². The fraction of sp³-hybridized carbons (Fsp3) is 0.542. The number of amides is 2. The number of carbonyl (C=O) groups is 2. The molecule has 2 aliphatic heterocycles. The number of fused-ring (bicyclic) bond motifs is 1. The molecule has 5 nitrogen and oxygen atoms in total. The minimum Gasteiger partial charge on any atom is -0.338 e. The first-order valence-electron chi connectivity index (χ1n) is 11.2. The van der Waals surface area contributed by atoms with Crippen molar-refractivity contribution in [2.24, 2.45) is 11.8 Å². The Labute approximate surface area is 182 Å². The molecular formula is C24H29N3O2S. The zero-order valence-electron chi connectivity index (χ0n) is 17.3. The van der Waals surface area contributed by atoms with Gasteiger partial charge in [-0.2, -0.15) is 11.3 Å². The Morgan fingerprint density at radius 3 is 2.67 bits per heavy atom. The summed E-state index contributed by atoms with van der Waals surface area (Å²) in [5.74, 6) is 1.26. The average Bonchev–Trinajstić information content (AvgIpc) is 3.47. The number of hydrogen-bond donors (Lipinski definition) is 0. The molecule has 2 aromatic heterocycles. The van der Waals surface area contributed by atoms with Crippen molar-refractivity contribution in [1.82, 2.24) is 14.8 Å². The fourth-order valence-corrected chi connectivity index (χ4v) is 6.49. The number of likely N-dealkylation sites (tertiary alicyclic amines) is 2. The molecule has 4 heterocycles. The number of piperidine rings is 1. The highest BCUT2D eigenvalue weighted by atomic mass is 32.1. The summed E-state index contributed by atoms with van der Waals surface area (Å²) in [5.41, 5.74) is 1.97. The second kappa shape index (κ2) is 8.50. The van der Waals surface area contributed by atoms with Crippen molar-refractivity contribution in [3.8, 4) is 0 Å². The van der Waals surface area contributed by atoms with E-state index < -0.39 is 0 Å². The molecule has 0 N–H and O–H groups in total.